The van der Waals surface area contributed by atoms with Gasteiger partial charge in [0, 0.05) is 18.5 Å². The minimum Gasteiger partial charge on any atom is -0.334 e. The molecule has 0 radical (unpaired) electrons. The minimum absolute atomic E-state index is 0.0783. The van der Waals surface area contributed by atoms with E-state index < -0.39 is 12.0 Å². The summed E-state index contributed by atoms with van der Waals surface area (Å²) in [6.45, 7) is 0. The average Bonchev–Trinajstić information content (AvgIpc) is 3.50. The molecule has 0 spiro atoms. The highest BCUT2D eigenvalue weighted by atomic mass is 32.1. The van der Waals surface area contributed by atoms with Gasteiger partial charge in [-0.15, -0.1) is 10.2 Å². The topological polar surface area (TPSA) is 75.2 Å². The first-order chi connectivity index (χ1) is 14.1. The van der Waals surface area contributed by atoms with E-state index in [0.717, 1.165) is 29.0 Å². The lowest BCUT2D eigenvalue weighted by Crippen LogP contribution is -2.44. The van der Waals surface area contributed by atoms with Gasteiger partial charge in [0.25, 0.3) is 5.91 Å². The third-order valence-corrected chi connectivity index (χ3v) is 6.60. The molecule has 5 rings (SSSR count). The van der Waals surface area contributed by atoms with E-state index in [4.69, 9.17) is 0 Å². The number of fused-ring (bicyclic) bond motifs is 1. The fraction of sp³-hybridized carbons (Fsp3) is 0.273. The number of carbonyl (C=O) groups excluding carboxylic acids is 2. The van der Waals surface area contributed by atoms with Crippen LogP contribution < -0.4 is 5.32 Å². The van der Waals surface area contributed by atoms with Gasteiger partial charge in [-0.25, -0.2) is 0 Å². The summed E-state index contributed by atoms with van der Waals surface area (Å²) in [7, 11) is 1.76. The first kappa shape index (κ1) is 18.0. The van der Waals surface area contributed by atoms with Gasteiger partial charge in [-0.2, -0.15) is 0 Å². The molecule has 2 aromatic carbocycles. The third kappa shape index (κ3) is 3.21. The Bertz CT molecular complexity index is 1080. The molecule has 2 amide bonds. The highest BCUT2D eigenvalue weighted by molar-refractivity contribution is 7.15. The number of benzene rings is 2. The molecule has 29 heavy (non-hydrogen) atoms. The molecule has 0 saturated heterocycles. The molecule has 2 heterocycles. The first-order valence-electron chi connectivity index (χ1n) is 9.69. The smallest absolute Gasteiger partial charge is 0.254 e. The van der Waals surface area contributed by atoms with Crippen LogP contribution >= 0.6 is 11.3 Å². The first-order valence-corrected chi connectivity index (χ1v) is 10.5. The highest BCUT2D eigenvalue weighted by Gasteiger charge is 2.42. The predicted octanol–water partition coefficient (Wildman–Crippen LogP) is 3.96. The Morgan fingerprint density at radius 1 is 1.07 bits per heavy atom. The molecule has 146 valence electrons. The number of rotatable bonds is 4. The summed E-state index contributed by atoms with van der Waals surface area (Å²) in [5.74, 6) is -0.298. The average molecular weight is 404 g/mol. The zero-order valence-electron chi connectivity index (χ0n) is 15.9. The van der Waals surface area contributed by atoms with Crippen molar-refractivity contribution in [2.75, 3.05) is 12.4 Å². The lowest BCUT2D eigenvalue weighted by molar-refractivity contribution is -0.119. The number of carbonyl (C=O) groups is 2. The van der Waals surface area contributed by atoms with E-state index in [-0.39, 0.29) is 11.8 Å². The second kappa shape index (κ2) is 7.08. The van der Waals surface area contributed by atoms with Crippen molar-refractivity contribution < 1.29 is 9.59 Å². The summed E-state index contributed by atoms with van der Waals surface area (Å²) in [4.78, 5) is 28.1. The number of aromatic nitrogens is 2. The Balaban J connectivity index is 1.54. The maximum atomic E-state index is 13.5. The fourth-order valence-corrected chi connectivity index (χ4v) is 4.90. The Labute approximate surface area is 172 Å². The summed E-state index contributed by atoms with van der Waals surface area (Å²) in [6.07, 6.45) is 2.28. The van der Waals surface area contributed by atoms with Crippen molar-refractivity contribution in [2.45, 2.75) is 30.7 Å². The third-order valence-electron chi connectivity index (χ3n) is 5.60. The van der Waals surface area contributed by atoms with Crippen LogP contribution in [0.1, 0.15) is 57.2 Å². The molecular formula is C22H20N4O2S. The zero-order valence-corrected chi connectivity index (χ0v) is 16.7. The molecular weight excluding hydrogens is 384 g/mol. The van der Waals surface area contributed by atoms with Gasteiger partial charge in [0.05, 0.1) is 12.0 Å². The van der Waals surface area contributed by atoms with Crippen molar-refractivity contribution in [3.05, 3.63) is 76.3 Å². The van der Waals surface area contributed by atoms with Crippen LogP contribution in [-0.2, 0) is 4.79 Å². The molecule has 6 nitrogen and oxygen atoms in total. The molecule has 0 bridgehead atoms. The number of likely N-dealkylation sites (N-methyl/N-ethyl adjacent to an activating group) is 1. The second-order valence-corrected chi connectivity index (χ2v) is 8.55. The molecule has 1 aromatic heterocycles. The number of hydrogen-bond donors (Lipinski definition) is 1. The Kier molecular flexibility index (Phi) is 4.39. The maximum Gasteiger partial charge on any atom is 0.254 e. The van der Waals surface area contributed by atoms with Gasteiger partial charge in [0.15, 0.2) is 0 Å². The van der Waals surface area contributed by atoms with Gasteiger partial charge >= 0.3 is 0 Å². The van der Waals surface area contributed by atoms with Crippen LogP contribution in [0.4, 0.5) is 5.13 Å². The standard InChI is InChI=1S/C22H20N4O2S/c1-26-18(13-7-3-2-4-8-13)17(15-9-5-6-10-16(15)21(26)28)19(27)23-22-25-24-20(29-22)14-11-12-14/h2-10,14,17-18H,11-12H2,1H3,(H,23,25,27). The molecule has 1 N–H and O–H groups in total. The van der Waals surface area contributed by atoms with Crippen LogP contribution in [0.3, 0.4) is 0 Å². The maximum absolute atomic E-state index is 13.5. The molecule has 1 aliphatic carbocycles. The molecule has 2 unspecified atom stereocenters. The highest BCUT2D eigenvalue weighted by Crippen LogP contribution is 2.44. The van der Waals surface area contributed by atoms with Crippen LogP contribution in [0.15, 0.2) is 54.6 Å². The number of hydrogen-bond acceptors (Lipinski definition) is 5. The number of nitrogens with one attached hydrogen (secondary N) is 1. The molecule has 1 saturated carbocycles. The van der Waals surface area contributed by atoms with Crippen LogP contribution in [0.2, 0.25) is 0 Å². The minimum atomic E-state index is -0.537. The Hall–Kier alpha value is -3.06. The van der Waals surface area contributed by atoms with Crippen LogP contribution in [0.25, 0.3) is 0 Å². The summed E-state index contributed by atoms with van der Waals surface area (Å²) in [5.41, 5.74) is 2.24. The van der Waals surface area contributed by atoms with E-state index >= 15 is 0 Å². The van der Waals surface area contributed by atoms with Crippen molar-refractivity contribution in [1.82, 2.24) is 15.1 Å². The molecule has 2 atom stereocenters. The number of nitrogens with zero attached hydrogens (tertiary/aromatic N) is 3. The van der Waals surface area contributed by atoms with Crippen molar-refractivity contribution >= 4 is 28.3 Å². The van der Waals surface area contributed by atoms with E-state index in [0.29, 0.717) is 16.6 Å². The van der Waals surface area contributed by atoms with Crippen molar-refractivity contribution in [3.8, 4) is 0 Å². The normalized spacial score (nSPS) is 21.0. The van der Waals surface area contributed by atoms with Crippen LogP contribution in [0, 0.1) is 0 Å². The number of anilines is 1. The van der Waals surface area contributed by atoms with Crippen molar-refractivity contribution in [2.24, 2.45) is 0 Å². The summed E-state index contributed by atoms with van der Waals surface area (Å²) in [6, 6.07) is 16.7. The number of amides is 2. The van der Waals surface area contributed by atoms with Gasteiger partial charge in [-0.05, 0) is 30.0 Å². The van der Waals surface area contributed by atoms with Crippen LogP contribution in [0.5, 0.6) is 0 Å². The van der Waals surface area contributed by atoms with Gasteiger partial charge in [-0.1, -0.05) is 59.9 Å². The molecule has 3 aromatic rings. The van der Waals surface area contributed by atoms with Gasteiger partial charge in [0.2, 0.25) is 11.0 Å². The van der Waals surface area contributed by atoms with E-state index in [2.05, 4.69) is 15.5 Å². The zero-order chi connectivity index (χ0) is 20.0. The lowest BCUT2D eigenvalue weighted by Gasteiger charge is -2.39. The molecule has 1 fully saturated rings. The fourth-order valence-electron chi connectivity index (χ4n) is 3.99. The largest absolute Gasteiger partial charge is 0.334 e. The summed E-state index contributed by atoms with van der Waals surface area (Å²) < 4.78 is 0. The van der Waals surface area contributed by atoms with E-state index in [1.165, 1.54) is 11.3 Å². The van der Waals surface area contributed by atoms with Crippen molar-refractivity contribution in [3.63, 3.8) is 0 Å². The summed E-state index contributed by atoms with van der Waals surface area (Å²) in [5, 5.41) is 12.8. The van der Waals surface area contributed by atoms with E-state index in [1.54, 1.807) is 18.0 Å². The SMILES string of the molecule is CN1C(=O)c2ccccc2C(C(=O)Nc2nnc(C3CC3)s2)C1c1ccccc1. The van der Waals surface area contributed by atoms with Crippen molar-refractivity contribution in [1.29, 1.82) is 0 Å². The van der Waals surface area contributed by atoms with E-state index in [9.17, 15) is 9.59 Å². The van der Waals surface area contributed by atoms with E-state index in [1.807, 2.05) is 48.5 Å². The van der Waals surface area contributed by atoms with Gasteiger partial charge in [0.1, 0.15) is 5.01 Å². The Morgan fingerprint density at radius 3 is 2.55 bits per heavy atom. The second-order valence-electron chi connectivity index (χ2n) is 7.55. The molecule has 1 aliphatic heterocycles. The molecule has 7 heteroatoms. The summed E-state index contributed by atoms with van der Waals surface area (Å²) >= 11 is 1.44. The lowest BCUT2D eigenvalue weighted by atomic mass is 9.79. The molecule has 2 aliphatic rings. The Morgan fingerprint density at radius 2 is 1.79 bits per heavy atom. The monoisotopic (exact) mass is 404 g/mol. The quantitative estimate of drug-likeness (QED) is 0.714. The van der Waals surface area contributed by atoms with Gasteiger partial charge in [-0.3, -0.25) is 14.9 Å². The van der Waals surface area contributed by atoms with Crippen LogP contribution in [-0.4, -0.2) is 34.0 Å². The van der Waals surface area contributed by atoms with Gasteiger partial charge < -0.3 is 4.90 Å². The predicted molar refractivity (Wildman–Crippen MR) is 111 cm³/mol.